The van der Waals surface area contributed by atoms with Gasteiger partial charge in [0.2, 0.25) is 10.0 Å². The van der Waals surface area contributed by atoms with E-state index in [0.717, 1.165) is 35.4 Å². The summed E-state index contributed by atoms with van der Waals surface area (Å²) < 4.78 is 31.2. The summed E-state index contributed by atoms with van der Waals surface area (Å²) in [6.07, 6.45) is 2.76. The zero-order chi connectivity index (χ0) is 26.3. The van der Waals surface area contributed by atoms with Crippen LogP contribution in [0, 0.1) is 16.7 Å². The van der Waals surface area contributed by atoms with Gasteiger partial charge in [0, 0.05) is 13.5 Å². The molecular formula is C31H33N2O3PS. The molecule has 196 valence electrons. The smallest absolute Gasteiger partial charge is 0.255 e. The highest BCUT2D eigenvalue weighted by Crippen LogP contribution is 2.70. The summed E-state index contributed by atoms with van der Waals surface area (Å²) >= 11 is 0. The molecule has 2 saturated heterocycles. The molecule has 7 rings (SSSR count). The molecule has 1 unspecified atom stereocenters. The van der Waals surface area contributed by atoms with Gasteiger partial charge in [0.1, 0.15) is 6.04 Å². The van der Waals surface area contributed by atoms with E-state index < -0.39 is 24.1 Å². The highest BCUT2D eigenvalue weighted by molar-refractivity contribution is 7.90. The van der Waals surface area contributed by atoms with Crippen molar-refractivity contribution < 1.29 is 13.2 Å². The number of fused-ring (bicyclic) bond motifs is 1. The molecule has 4 fully saturated rings. The molecule has 0 radical (unpaired) electrons. The van der Waals surface area contributed by atoms with Crippen LogP contribution in [0.1, 0.15) is 44.7 Å². The van der Waals surface area contributed by atoms with Crippen molar-refractivity contribution in [3.8, 4) is 0 Å². The van der Waals surface area contributed by atoms with Crippen LogP contribution in [0.2, 0.25) is 0 Å². The first-order valence-electron chi connectivity index (χ1n) is 13.6. The largest absolute Gasteiger partial charge is 0.272 e. The quantitative estimate of drug-likeness (QED) is 0.341. The number of rotatable bonds is 5. The Balaban J connectivity index is 1.32. The number of carbonyl (C=O) groups excluding carboxylic acids is 1. The molecule has 5 nitrogen and oxygen atoms in total. The lowest BCUT2D eigenvalue weighted by atomic mass is 9.69. The summed E-state index contributed by atoms with van der Waals surface area (Å²) in [4.78, 5) is 14.5. The normalized spacial score (nSPS) is 33.9. The van der Waals surface area contributed by atoms with Crippen LogP contribution in [-0.4, -0.2) is 41.1 Å². The van der Waals surface area contributed by atoms with Gasteiger partial charge >= 0.3 is 0 Å². The first-order chi connectivity index (χ1) is 18.3. The highest BCUT2D eigenvalue weighted by atomic mass is 32.2. The van der Waals surface area contributed by atoms with E-state index in [4.69, 9.17) is 0 Å². The Morgan fingerprint density at radius 3 is 1.97 bits per heavy atom. The number of amides is 1. The number of sulfonamides is 1. The van der Waals surface area contributed by atoms with E-state index in [9.17, 15) is 13.2 Å². The third kappa shape index (κ3) is 3.36. The summed E-state index contributed by atoms with van der Waals surface area (Å²) in [5, 5.41) is 2.32. The Morgan fingerprint density at radius 1 is 0.868 bits per heavy atom. The Labute approximate surface area is 226 Å². The molecule has 2 bridgehead atoms. The van der Waals surface area contributed by atoms with Crippen LogP contribution in [0.25, 0.3) is 0 Å². The highest BCUT2D eigenvalue weighted by Gasteiger charge is 2.74. The van der Waals surface area contributed by atoms with Crippen LogP contribution < -0.4 is 10.6 Å². The fourth-order valence-electron chi connectivity index (χ4n) is 7.97. The SMILES string of the molecule is CC1(C)[C@@H]2CC[C@]13CS(=O)(=O)N(C(=O)[C@H]1[C@@H](c4ccccc4)N1P(c1ccccc1)c1ccccc1)[C@@H]3C2. The fourth-order valence-corrected chi connectivity index (χ4v) is 13.2. The maximum atomic E-state index is 14.5. The maximum Gasteiger partial charge on any atom is 0.255 e. The predicted octanol–water partition coefficient (Wildman–Crippen LogP) is 4.83. The van der Waals surface area contributed by atoms with E-state index >= 15 is 0 Å². The molecule has 2 saturated carbocycles. The lowest BCUT2D eigenvalue weighted by molar-refractivity contribution is -0.129. The van der Waals surface area contributed by atoms with Gasteiger partial charge in [-0.15, -0.1) is 0 Å². The van der Waals surface area contributed by atoms with Crippen LogP contribution in [0.15, 0.2) is 91.0 Å². The third-order valence-electron chi connectivity index (χ3n) is 10.0. The topological polar surface area (TPSA) is 57.5 Å². The van der Waals surface area contributed by atoms with Crippen molar-refractivity contribution >= 4 is 34.6 Å². The van der Waals surface area contributed by atoms with Gasteiger partial charge in [0.15, 0.2) is 0 Å². The van der Waals surface area contributed by atoms with E-state index in [1.54, 1.807) is 0 Å². The monoisotopic (exact) mass is 544 g/mol. The number of nitrogens with zero attached hydrogens (tertiary/aromatic N) is 2. The summed E-state index contributed by atoms with van der Waals surface area (Å²) in [7, 11) is -4.71. The van der Waals surface area contributed by atoms with Gasteiger partial charge in [-0.3, -0.25) is 9.46 Å². The Hall–Kier alpha value is -2.53. The van der Waals surface area contributed by atoms with Gasteiger partial charge in [-0.1, -0.05) is 105 Å². The van der Waals surface area contributed by atoms with Crippen molar-refractivity contribution in [2.75, 3.05) is 5.75 Å². The van der Waals surface area contributed by atoms with Gasteiger partial charge < -0.3 is 0 Å². The summed E-state index contributed by atoms with van der Waals surface area (Å²) in [6.45, 7) is 4.46. The Morgan fingerprint density at radius 2 is 1.42 bits per heavy atom. The summed E-state index contributed by atoms with van der Waals surface area (Å²) in [5.41, 5.74) is 0.671. The molecule has 7 heteroatoms. The molecule has 3 aromatic rings. The molecule has 0 aromatic heterocycles. The van der Waals surface area contributed by atoms with E-state index in [0.29, 0.717) is 5.92 Å². The minimum Gasteiger partial charge on any atom is -0.272 e. The van der Waals surface area contributed by atoms with Crippen molar-refractivity contribution in [2.24, 2.45) is 16.7 Å². The van der Waals surface area contributed by atoms with Crippen molar-refractivity contribution in [3.63, 3.8) is 0 Å². The number of carbonyl (C=O) groups is 1. The van der Waals surface area contributed by atoms with Gasteiger partial charge in [-0.2, -0.15) is 0 Å². The summed E-state index contributed by atoms with van der Waals surface area (Å²) in [6, 6.07) is 29.9. The molecule has 2 heterocycles. The van der Waals surface area contributed by atoms with Crippen LogP contribution in [0.3, 0.4) is 0 Å². The molecule has 1 amide bonds. The molecule has 2 aliphatic heterocycles. The van der Waals surface area contributed by atoms with Gasteiger partial charge in [-0.25, -0.2) is 12.7 Å². The average Bonchev–Trinajstić information content (AvgIpc) is 3.46. The van der Waals surface area contributed by atoms with E-state index in [2.05, 4.69) is 54.9 Å². The zero-order valence-corrected chi connectivity index (χ0v) is 23.5. The van der Waals surface area contributed by atoms with Crippen LogP contribution in [-0.2, 0) is 14.8 Å². The van der Waals surface area contributed by atoms with Crippen molar-refractivity contribution in [1.29, 1.82) is 0 Å². The van der Waals surface area contributed by atoms with E-state index in [-0.39, 0.29) is 34.6 Å². The molecule has 4 aliphatic rings. The molecule has 3 aromatic carbocycles. The van der Waals surface area contributed by atoms with Crippen molar-refractivity contribution in [3.05, 3.63) is 96.6 Å². The van der Waals surface area contributed by atoms with Crippen molar-refractivity contribution in [2.45, 2.75) is 51.2 Å². The zero-order valence-electron chi connectivity index (χ0n) is 21.8. The van der Waals surface area contributed by atoms with Crippen LogP contribution in [0.4, 0.5) is 0 Å². The molecule has 2 aliphatic carbocycles. The second-order valence-electron chi connectivity index (χ2n) is 11.9. The fraction of sp³-hybridized carbons (Fsp3) is 0.387. The standard InChI is InChI=1S/C31H33N2O3PS/c1-30(2)23-18-19-31(30)21-38(35,36)33(26(31)20-23)29(34)28-27(22-12-6-3-7-13-22)32(28)37(24-14-8-4-9-15-24)25-16-10-5-11-17-25/h3-17,23,26-28H,18-21H2,1-2H3/t23-,26-,27-,28-,31-,32?/m1/s1. The summed E-state index contributed by atoms with van der Waals surface area (Å²) in [5.74, 6) is 0.349. The minimum absolute atomic E-state index is 0.0669. The third-order valence-corrected chi connectivity index (χ3v) is 14.5. The second kappa shape index (κ2) is 8.48. The Kier molecular flexibility index (Phi) is 5.47. The maximum absolute atomic E-state index is 14.5. The lowest BCUT2D eigenvalue weighted by Gasteiger charge is -2.37. The minimum atomic E-state index is -3.69. The van der Waals surface area contributed by atoms with Gasteiger partial charge in [-0.05, 0) is 46.8 Å². The molecule has 38 heavy (non-hydrogen) atoms. The first kappa shape index (κ1) is 24.5. The average molecular weight is 545 g/mol. The predicted molar refractivity (Wildman–Crippen MR) is 152 cm³/mol. The lowest BCUT2D eigenvalue weighted by Crippen LogP contribution is -2.46. The molecule has 6 atom stereocenters. The van der Waals surface area contributed by atoms with Crippen LogP contribution in [0.5, 0.6) is 0 Å². The first-order valence-corrected chi connectivity index (χ1v) is 16.5. The van der Waals surface area contributed by atoms with E-state index in [1.165, 1.54) is 4.31 Å². The second-order valence-corrected chi connectivity index (χ2v) is 15.9. The van der Waals surface area contributed by atoms with Crippen LogP contribution >= 0.6 is 8.07 Å². The number of hydrogen-bond donors (Lipinski definition) is 0. The molecule has 0 N–H and O–H groups in total. The van der Waals surface area contributed by atoms with Gasteiger partial charge in [0.05, 0.1) is 17.8 Å². The number of benzene rings is 3. The number of hydrogen-bond acceptors (Lipinski definition) is 4. The molecule has 1 spiro atoms. The van der Waals surface area contributed by atoms with Crippen molar-refractivity contribution in [1.82, 2.24) is 8.98 Å². The van der Waals surface area contributed by atoms with Gasteiger partial charge in [0.25, 0.3) is 5.91 Å². The molecular weight excluding hydrogens is 511 g/mol. The van der Waals surface area contributed by atoms with E-state index in [1.807, 2.05) is 54.6 Å². The Bertz CT molecular complexity index is 1440.